The van der Waals surface area contributed by atoms with Crippen molar-refractivity contribution in [3.63, 3.8) is 0 Å². The SMILES string of the molecule is CN(CCNc1cnn(CCO)c(=O)c1)C(=O)OC(C)(C)C. The van der Waals surface area contributed by atoms with Crippen LogP contribution in [0.15, 0.2) is 17.1 Å². The highest BCUT2D eigenvalue weighted by atomic mass is 16.6. The minimum atomic E-state index is -0.528. The Bertz CT molecular complexity index is 551. The summed E-state index contributed by atoms with van der Waals surface area (Å²) in [6.07, 6.45) is 1.11. The average Bonchev–Trinajstić information content (AvgIpc) is 2.40. The van der Waals surface area contributed by atoms with Gasteiger partial charge in [-0.2, -0.15) is 5.10 Å². The predicted octanol–water partition coefficient (Wildman–Crippen LogP) is 0.514. The normalized spacial score (nSPS) is 11.1. The fourth-order valence-corrected chi connectivity index (χ4v) is 1.59. The summed E-state index contributed by atoms with van der Waals surface area (Å²) < 4.78 is 6.41. The number of carbonyl (C=O) groups is 1. The van der Waals surface area contributed by atoms with Crippen LogP contribution in [0.5, 0.6) is 0 Å². The van der Waals surface area contributed by atoms with Crippen LogP contribution in [0.4, 0.5) is 10.5 Å². The molecule has 0 unspecified atom stereocenters. The van der Waals surface area contributed by atoms with Gasteiger partial charge in [0.1, 0.15) is 5.60 Å². The van der Waals surface area contributed by atoms with Crippen molar-refractivity contribution in [1.29, 1.82) is 0 Å². The summed E-state index contributed by atoms with van der Waals surface area (Å²) in [5, 5.41) is 15.7. The number of rotatable bonds is 6. The number of carbonyl (C=O) groups excluding carboxylic acids is 1. The van der Waals surface area contributed by atoms with E-state index in [1.54, 1.807) is 7.05 Å². The molecular formula is C14H24N4O4. The Labute approximate surface area is 129 Å². The lowest BCUT2D eigenvalue weighted by Gasteiger charge is -2.24. The number of aliphatic hydroxyl groups is 1. The summed E-state index contributed by atoms with van der Waals surface area (Å²) in [6, 6.07) is 1.40. The van der Waals surface area contributed by atoms with Gasteiger partial charge < -0.3 is 20.1 Å². The number of ether oxygens (including phenoxy) is 1. The molecule has 0 aliphatic heterocycles. The van der Waals surface area contributed by atoms with Gasteiger partial charge >= 0.3 is 6.09 Å². The maximum atomic E-state index is 11.8. The van der Waals surface area contributed by atoms with Gasteiger partial charge in [0.05, 0.1) is 25.0 Å². The van der Waals surface area contributed by atoms with Crippen LogP contribution in [0.2, 0.25) is 0 Å². The number of anilines is 1. The summed E-state index contributed by atoms with van der Waals surface area (Å²) in [7, 11) is 1.65. The maximum Gasteiger partial charge on any atom is 0.410 e. The molecule has 0 fully saturated rings. The van der Waals surface area contributed by atoms with Gasteiger partial charge in [-0.05, 0) is 20.8 Å². The molecule has 1 heterocycles. The number of nitrogens with one attached hydrogen (secondary N) is 1. The molecular weight excluding hydrogens is 288 g/mol. The quantitative estimate of drug-likeness (QED) is 0.794. The van der Waals surface area contributed by atoms with Crippen LogP contribution in [0.3, 0.4) is 0 Å². The highest BCUT2D eigenvalue weighted by Gasteiger charge is 2.19. The van der Waals surface area contributed by atoms with E-state index in [0.717, 1.165) is 0 Å². The smallest absolute Gasteiger partial charge is 0.410 e. The second kappa shape index (κ2) is 7.79. The van der Waals surface area contributed by atoms with Crippen LogP contribution in [-0.4, -0.2) is 58.2 Å². The lowest BCUT2D eigenvalue weighted by molar-refractivity contribution is 0.0305. The lowest BCUT2D eigenvalue weighted by Crippen LogP contribution is -2.36. The monoisotopic (exact) mass is 312 g/mol. The number of hydrogen-bond acceptors (Lipinski definition) is 6. The minimum absolute atomic E-state index is 0.139. The lowest BCUT2D eigenvalue weighted by atomic mass is 10.2. The summed E-state index contributed by atoms with van der Waals surface area (Å²) in [6.45, 7) is 6.34. The molecule has 0 aliphatic carbocycles. The van der Waals surface area contributed by atoms with E-state index in [0.29, 0.717) is 18.8 Å². The van der Waals surface area contributed by atoms with Gasteiger partial charge in [0.2, 0.25) is 0 Å². The van der Waals surface area contributed by atoms with E-state index < -0.39 is 11.7 Å². The summed E-state index contributed by atoms with van der Waals surface area (Å²) in [5.74, 6) is 0. The van der Waals surface area contributed by atoms with Crippen molar-refractivity contribution in [3.05, 3.63) is 22.6 Å². The van der Waals surface area contributed by atoms with Gasteiger partial charge in [0.15, 0.2) is 0 Å². The molecule has 0 saturated heterocycles. The molecule has 1 aromatic rings. The van der Waals surface area contributed by atoms with Crippen molar-refractivity contribution in [1.82, 2.24) is 14.7 Å². The largest absolute Gasteiger partial charge is 0.444 e. The van der Waals surface area contributed by atoms with Crippen LogP contribution < -0.4 is 10.9 Å². The van der Waals surface area contributed by atoms with E-state index in [-0.39, 0.29) is 18.7 Å². The fraction of sp³-hybridized carbons (Fsp3) is 0.643. The highest BCUT2D eigenvalue weighted by Crippen LogP contribution is 2.09. The molecule has 0 spiro atoms. The highest BCUT2D eigenvalue weighted by molar-refractivity contribution is 5.67. The van der Waals surface area contributed by atoms with Crippen LogP contribution in [0.25, 0.3) is 0 Å². The zero-order valence-corrected chi connectivity index (χ0v) is 13.5. The average molecular weight is 312 g/mol. The van der Waals surface area contributed by atoms with Crippen molar-refractivity contribution in [2.45, 2.75) is 32.9 Å². The molecule has 0 bridgehead atoms. The van der Waals surface area contributed by atoms with E-state index >= 15 is 0 Å². The van der Waals surface area contributed by atoms with E-state index in [4.69, 9.17) is 9.84 Å². The van der Waals surface area contributed by atoms with Crippen molar-refractivity contribution in [3.8, 4) is 0 Å². The van der Waals surface area contributed by atoms with Crippen LogP contribution in [-0.2, 0) is 11.3 Å². The second-order valence-corrected chi connectivity index (χ2v) is 5.86. The standard InChI is InChI=1S/C14H24N4O4/c1-14(2,3)22-13(21)17(4)6-5-15-11-9-12(20)18(7-8-19)16-10-11/h9-10,15,19H,5-8H2,1-4H3. The fourth-order valence-electron chi connectivity index (χ4n) is 1.59. The molecule has 0 aromatic carbocycles. The van der Waals surface area contributed by atoms with Gasteiger partial charge in [0, 0.05) is 26.2 Å². The number of aliphatic hydroxyl groups excluding tert-OH is 1. The zero-order chi connectivity index (χ0) is 16.8. The molecule has 1 rings (SSSR count). The third-order valence-electron chi connectivity index (χ3n) is 2.66. The summed E-state index contributed by atoms with van der Waals surface area (Å²) in [5.41, 5.74) is -0.253. The summed E-state index contributed by atoms with van der Waals surface area (Å²) >= 11 is 0. The third kappa shape index (κ3) is 6.13. The van der Waals surface area contributed by atoms with Gasteiger partial charge in [0.25, 0.3) is 5.56 Å². The van der Waals surface area contributed by atoms with E-state index in [2.05, 4.69) is 10.4 Å². The molecule has 1 aromatic heterocycles. The van der Waals surface area contributed by atoms with E-state index in [1.165, 1.54) is 21.8 Å². The number of nitrogens with zero attached hydrogens (tertiary/aromatic N) is 3. The zero-order valence-electron chi connectivity index (χ0n) is 13.5. The molecule has 8 heteroatoms. The molecule has 0 saturated carbocycles. The van der Waals surface area contributed by atoms with Crippen molar-refractivity contribution in [2.24, 2.45) is 0 Å². The number of aromatic nitrogens is 2. The molecule has 0 aliphatic rings. The first-order chi connectivity index (χ1) is 10.2. The molecule has 1 amide bonds. The Morgan fingerprint density at radius 2 is 2.18 bits per heavy atom. The number of likely N-dealkylation sites (N-methyl/N-ethyl adjacent to an activating group) is 1. The Morgan fingerprint density at radius 3 is 2.73 bits per heavy atom. The van der Waals surface area contributed by atoms with E-state index in [1.807, 2.05) is 20.8 Å². The van der Waals surface area contributed by atoms with Crippen molar-refractivity contribution < 1.29 is 14.6 Å². The molecule has 8 nitrogen and oxygen atoms in total. The van der Waals surface area contributed by atoms with Gasteiger partial charge in [-0.3, -0.25) is 4.79 Å². The Hall–Kier alpha value is -2.09. The van der Waals surface area contributed by atoms with Gasteiger partial charge in [-0.1, -0.05) is 0 Å². The van der Waals surface area contributed by atoms with Gasteiger partial charge in [-0.25, -0.2) is 9.48 Å². The molecule has 22 heavy (non-hydrogen) atoms. The molecule has 0 atom stereocenters. The van der Waals surface area contributed by atoms with Crippen molar-refractivity contribution >= 4 is 11.8 Å². The Balaban J connectivity index is 2.45. The predicted molar refractivity (Wildman–Crippen MR) is 82.9 cm³/mol. The van der Waals surface area contributed by atoms with Crippen molar-refractivity contribution in [2.75, 3.05) is 32.1 Å². The van der Waals surface area contributed by atoms with Crippen LogP contribution in [0.1, 0.15) is 20.8 Å². The molecule has 124 valence electrons. The molecule has 2 N–H and O–H groups in total. The van der Waals surface area contributed by atoms with E-state index in [9.17, 15) is 9.59 Å². The van der Waals surface area contributed by atoms with Crippen LogP contribution in [0, 0.1) is 0 Å². The number of amides is 1. The minimum Gasteiger partial charge on any atom is -0.444 e. The molecule has 0 radical (unpaired) electrons. The topological polar surface area (TPSA) is 96.7 Å². The second-order valence-electron chi connectivity index (χ2n) is 5.86. The first-order valence-electron chi connectivity index (χ1n) is 7.09. The van der Waals surface area contributed by atoms with Gasteiger partial charge in [-0.15, -0.1) is 0 Å². The number of hydrogen-bond donors (Lipinski definition) is 2. The first kappa shape index (κ1) is 18.0. The first-order valence-corrected chi connectivity index (χ1v) is 7.09. The Kier molecular flexibility index (Phi) is 6.36. The maximum absolute atomic E-state index is 11.8. The Morgan fingerprint density at radius 1 is 1.50 bits per heavy atom. The van der Waals surface area contributed by atoms with Crippen LogP contribution >= 0.6 is 0 Å². The third-order valence-corrected chi connectivity index (χ3v) is 2.66. The summed E-state index contributed by atoms with van der Waals surface area (Å²) in [4.78, 5) is 24.9.